The highest BCUT2D eigenvalue weighted by Crippen LogP contribution is 2.11. The largest absolute Gasteiger partial charge is 0.469 e. The van der Waals surface area contributed by atoms with E-state index in [1.54, 1.807) is 13.0 Å². The third-order valence-corrected chi connectivity index (χ3v) is 3.09. The second-order valence-electron chi connectivity index (χ2n) is 3.87. The summed E-state index contributed by atoms with van der Waals surface area (Å²) in [5, 5.41) is 3.72. The molecule has 0 aliphatic rings. The molecule has 0 fully saturated rings. The molecule has 0 aromatic carbocycles. The molecule has 1 aromatic rings. The number of aryl methyl sites for hydroxylation is 1. The minimum atomic E-state index is -0.0700. The van der Waals surface area contributed by atoms with Crippen LogP contribution in [0.15, 0.2) is 16.7 Å². The van der Waals surface area contributed by atoms with E-state index >= 15 is 0 Å². The van der Waals surface area contributed by atoms with Gasteiger partial charge in [0, 0.05) is 11.4 Å². The average Bonchev–Trinajstić information content (AvgIpc) is 2.60. The SMILES string of the molecule is Cc1occc1C(=O)NC(CBr)C(C)C. The fourth-order valence-corrected chi connectivity index (χ4v) is 2.16. The molecule has 3 nitrogen and oxygen atoms in total. The van der Waals surface area contributed by atoms with E-state index in [9.17, 15) is 4.79 Å². The van der Waals surface area contributed by atoms with Gasteiger partial charge in [-0.1, -0.05) is 29.8 Å². The van der Waals surface area contributed by atoms with Crippen LogP contribution in [0.4, 0.5) is 0 Å². The van der Waals surface area contributed by atoms with Crippen molar-refractivity contribution in [1.29, 1.82) is 0 Å². The Labute approximate surface area is 98.4 Å². The second kappa shape index (κ2) is 5.35. The monoisotopic (exact) mass is 273 g/mol. The van der Waals surface area contributed by atoms with Crippen LogP contribution in [-0.2, 0) is 0 Å². The standard InChI is InChI=1S/C11H16BrNO2/c1-7(2)10(6-12)13-11(14)9-4-5-15-8(9)3/h4-5,7,10H,6H2,1-3H3,(H,13,14). The van der Waals surface area contributed by atoms with Crippen molar-refractivity contribution >= 4 is 21.8 Å². The number of alkyl halides is 1. The molecule has 0 spiro atoms. The molecule has 1 aromatic heterocycles. The number of nitrogens with one attached hydrogen (secondary N) is 1. The molecule has 84 valence electrons. The van der Waals surface area contributed by atoms with Gasteiger partial charge in [-0.25, -0.2) is 0 Å². The first-order valence-corrected chi connectivity index (χ1v) is 6.09. The van der Waals surface area contributed by atoms with E-state index < -0.39 is 0 Å². The molecule has 0 bridgehead atoms. The summed E-state index contributed by atoms with van der Waals surface area (Å²) in [6.07, 6.45) is 1.53. The van der Waals surface area contributed by atoms with Gasteiger partial charge >= 0.3 is 0 Å². The summed E-state index contributed by atoms with van der Waals surface area (Å²) in [5.74, 6) is 0.990. The van der Waals surface area contributed by atoms with Gasteiger partial charge in [-0.05, 0) is 18.9 Å². The van der Waals surface area contributed by atoms with Crippen LogP contribution in [0.25, 0.3) is 0 Å². The fraction of sp³-hybridized carbons (Fsp3) is 0.545. The Morgan fingerprint density at radius 2 is 2.27 bits per heavy atom. The molecule has 0 radical (unpaired) electrons. The van der Waals surface area contributed by atoms with Gasteiger partial charge in [0.25, 0.3) is 5.91 Å². The Bertz CT molecular complexity index is 333. The Morgan fingerprint density at radius 1 is 1.60 bits per heavy atom. The number of hydrogen-bond acceptors (Lipinski definition) is 2. The number of halogens is 1. The van der Waals surface area contributed by atoms with Crippen molar-refractivity contribution in [2.75, 3.05) is 5.33 Å². The van der Waals surface area contributed by atoms with Crippen LogP contribution >= 0.6 is 15.9 Å². The quantitative estimate of drug-likeness (QED) is 0.858. The molecule has 0 aliphatic heterocycles. The summed E-state index contributed by atoms with van der Waals surface area (Å²) in [7, 11) is 0. The van der Waals surface area contributed by atoms with Crippen LogP contribution in [-0.4, -0.2) is 17.3 Å². The third kappa shape index (κ3) is 3.09. The zero-order chi connectivity index (χ0) is 11.4. The van der Waals surface area contributed by atoms with E-state index in [1.807, 2.05) is 0 Å². The third-order valence-electron chi connectivity index (χ3n) is 2.39. The van der Waals surface area contributed by atoms with Crippen LogP contribution in [0.5, 0.6) is 0 Å². The number of furan rings is 1. The van der Waals surface area contributed by atoms with Crippen molar-refractivity contribution in [3.63, 3.8) is 0 Å². The Kier molecular flexibility index (Phi) is 4.39. The van der Waals surface area contributed by atoms with Crippen LogP contribution in [0, 0.1) is 12.8 Å². The zero-order valence-electron chi connectivity index (χ0n) is 9.21. The van der Waals surface area contributed by atoms with Gasteiger partial charge in [-0.3, -0.25) is 4.79 Å². The molecular weight excluding hydrogens is 258 g/mol. The predicted molar refractivity (Wildman–Crippen MR) is 63.3 cm³/mol. The minimum absolute atomic E-state index is 0.0700. The molecular formula is C11H16BrNO2. The molecule has 0 saturated carbocycles. The molecule has 1 N–H and O–H groups in total. The van der Waals surface area contributed by atoms with Crippen LogP contribution in [0.3, 0.4) is 0 Å². The van der Waals surface area contributed by atoms with Gasteiger partial charge in [-0.2, -0.15) is 0 Å². The van der Waals surface area contributed by atoms with Gasteiger partial charge in [-0.15, -0.1) is 0 Å². The molecule has 4 heteroatoms. The average molecular weight is 274 g/mol. The maximum atomic E-state index is 11.8. The van der Waals surface area contributed by atoms with Gasteiger partial charge < -0.3 is 9.73 Å². The summed E-state index contributed by atoms with van der Waals surface area (Å²) < 4.78 is 5.09. The summed E-state index contributed by atoms with van der Waals surface area (Å²) in [5.41, 5.74) is 0.613. The molecule has 1 atom stereocenters. The summed E-state index contributed by atoms with van der Waals surface area (Å²) in [6.45, 7) is 5.94. The van der Waals surface area contributed by atoms with Crippen molar-refractivity contribution in [3.05, 3.63) is 23.7 Å². The highest BCUT2D eigenvalue weighted by atomic mass is 79.9. The summed E-state index contributed by atoms with van der Waals surface area (Å²) >= 11 is 3.39. The van der Waals surface area contributed by atoms with Crippen LogP contribution in [0.2, 0.25) is 0 Å². The molecule has 0 aliphatic carbocycles. The van der Waals surface area contributed by atoms with E-state index in [4.69, 9.17) is 4.42 Å². The first kappa shape index (κ1) is 12.3. The molecule has 1 rings (SSSR count). The van der Waals surface area contributed by atoms with Crippen LogP contribution < -0.4 is 5.32 Å². The number of amides is 1. The fourth-order valence-electron chi connectivity index (χ4n) is 1.25. The highest BCUT2D eigenvalue weighted by Gasteiger charge is 2.18. The van der Waals surface area contributed by atoms with Crippen molar-refractivity contribution in [2.45, 2.75) is 26.8 Å². The van der Waals surface area contributed by atoms with Crippen molar-refractivity contribution in [1.82, 2.24) is 5.32 Å². The number of carbonyl (C=O) groups excluding carboxylic acids is 1. The van der Waals surface area contributed by atoms with Gasteiger partial charge in [0.05, 0.1) is 11.8 Å². The van der Waals surface area contributed by atoms with Gasteiger partial charge in [0.15, 0.2) is 0 Å². The number of hydrogen-bond donors (Lipinski definition) is 1. The lowest BCUT2D eigenvalue weighted by Gasteiger charge is -2.19. The summed E-state index contributed by atoms with van der Waals surface area (Å²) in [4.78, 5) is 11.8. The molecule has 1 amide bonds. The van der Waals surface area contributed by atoms with E-state index in [-0.39, 0.29) is 11.9 Å². The van der Waals surface area contributed by atoms with E-state index in [0.29, 0.717) is 17.2 Å². The summed E-state index contributed by atoms with van der Waals surface area (Å²) in [6, 6.07) is 1.84. The van der Waals surface area contributed by atoms with Crippen molar-refractivity contribution in [2.24, 2.45) is 5.92 Å². The van der Waals surface area contributed by atoms with Gasteiger partial charge in [0.2, 0.25) is 0 Å². The van der Waals surface area contributed by atoms with E-state index in [1.165, 1.54) is 6.26 Å². The maximum absolute atomic E-state index is 11.8. The first-order valence-electron chi connectivity index (χ1n) is 4.97. The van der Waals surface area contributed by atoms with Crippen molar-refractivity contribution in [3.8, 4) is 0 Å². The zero-order valence-corrected chi connectivity index (χ0v) is 10.8. The normalized spacial score (nSPS) is 12.9. The number of carbonyl (C=O) groups is 1. The Hall–Kier alpha value is -0.770. The first-order chi connectivity index (χ1) is 7.06. The lowest BCUT2D eigenvalue weighted by Crippen LogP contribution is -2.39. The van der Waals surface area contributed by atoms with E-state index in [0.717, 1.165) is 5.33 Å². The van der Waals surface area contributed by atoms with E-state index in [2.05, 4.69) is 35.1 Å². The Balaban J connectivity index is 2.67. The van der Waals surface area contributed by atoms with Crippen molar-refractivity contribution < 1.29 is 9.21 Å². The molecule has 0 saturated heterocycles. The van der Waals surface area contributed by atoms with Crippen LogP contribution in [0.1, 0.15) is 30.0 Å². The molecule has 15 heavy (non-hydrogen) atoms. The lowest BCUT2D eigenvalue weighted by atomic mass is 10.1. The second-order valence-corrected chi connectivity index (χ2v) is 4.52. The lowest BCUT2D eigenvalue weighted by molar-refractivity contribution is 0.0930. The maximum Gasteiger partial charge on any atom is 0.255 e. The topological polar surface area (TPSA) is 42.2 Å². The minimum Gasteiger partial charge on any atom is -0.469 e. The number of rotatable bonds is 4. The molecule has 1 unspecified atom stereocenters. The Morgan fingerprint density at radius 3 is 2.67 bits per heavy atom. The molecule has 1 heterocycles. The predicted octanol–water partition coefficient (Wildman–Crippen LogP) is 2.74. The highest BCUT2D eigenvalue weighted by molar-refractivity contribution is 9.09. The van der Waals surface area contributed by atoms with Gasteiger partial charge in [0.1, 0.15) is 5.76 Å². The smallest absolute Gasteiger partial charge is 0.255 e.